The van der Waals surface area contributed by atoms with Crippen LogP contribution in [-0.4, -0.2) is 18.0 Å². The van der Waals surface area contributed by atoms with E-state index in [0.29, 0.717) is 22.0 Å². The van der Waals surface area contributed by atoms with Crippen LogP contribution in [-0.2, 0) is 0 Å². The number of fused-ring (bicyclic) bond motifs is 1. The van der Waals surface area contributed by atoms with Gasteiger partial charge in [-0.05, 0) is 55.8 Å². The van der Waals surface area contributed by atoms with E-state index in [0.717, 1.165) is 37.8 Å². The first kappa shape index (κ1) is 21.3. The fourth-order valence-electron chi connectivity index (χ4n) is 3.48. The Hall–Kier alpha value is -2.89. The zero-order valence-corrected chi connectivity index (χ0v) is 19.6. The smallest absolute Gasteiger partial charge is 0.256 e. The van der Waals surface area contributed by atoms with E-state index in [2.05, 4.69) is 21.2 Å². The first-order valence-corrected chi connectivity index (χ1v) is 10.9. The van der Waals surface area contributed by atoms with Gasteiger partial charge < -0.3 is 10.1 Å². The monoisotopic (exact) mass is 494 g/mol. The summed E-state index contributed by atoms with van der Waals surface area (Å²) in [5.74, 6) is 0.269. The summed E-state index contributed by atoms with van der Waals surface area (Å²) in [6.45, 7) is 4.03. The molecular weight excluding hydrogens is 476 g/mol. The van der Waals surface area contributed by atoms with Crippen molar-refractivity contribution in [3.8, 4) is 17.0 Å². The predicted octanol–water partition coefficient (Wildman–Crippen LogP) is 7.20. The highest BCUT2D eigenvalue weighted by atomic mass is 79.9. The van der Waals surface area contributed by atoms with Crippen LogP contribution in [0.2, 0.25) is 5.02 Å². The largest absolute Gasteiger partial charge is 0.495 e. The molecule has 0 unspecified atom stereocenters. The molecular formula is C25H20BrClN2O2. The van der Waals surface area contributed by atoms with Crippen LogP contribution in [0.4, 0.5) is 5.69 Å². The summed E-state index contributed by atoms with van der Waals surface area (Å²) in [6.07, 6.45) is 0. The van der Waals surface area contributed by atoms with Crippen molar-refractivity contribution in [2.24, 2.45) is 0 Å². The number of halogens is 2. The van der Waals surface area contributed by atoms with Crippen LogP contribution in [0, 0.1) is 13.8 Å². The van der Waals surface area contributed by atoms with E-state index in [1.165, 1.54) is 0 Å². The number of aryl methyl sites for hydroxylation is 2. The summed E-state index contributed by atoms with van der Waals surface area (Å²) in [7, 11) is 1.55. The molecule has 0 aliphatic carbocycles. The minimum Gasteiger partial charge on any atom is -0.495 e. The number of methoxy groups -OCH3 is 1. The van der Waals surface area contributed by atoms with Gasteiger partial charge in [0.15, 0.2) is 0 Å². The quantitative estimate of drug-likeness (QED) is 0.326. The molecule has 1 N–H and O–H groups in total. The van der Waals surface area contributed by atoms with Crippen molar-refractivity contribution in [2.75, 3.05) is 12.4 Å². The highest BCUT2D eigenvalue weighted by molar-refractivity contribution is 9.10. The van der Waals surface area contributed by atoms with Gasteiger partial charge in [-0.25, -0.2) is 4.98 Å². The van der Waals surface area contributed by atoms with E-state index in [4.69, 9.17) is 21.3 Å². The van der Waals surface area contributed by atoms with Crippen molar-refractivity contribution in [1.29, 1.82) is 0 Å². The van der Waals surface area contributed by atoms with E-state index in [1.54, 1.807) is 25.3 Å². The lowest BCUT2D eigenvalue weighted by Crippen LogP contribution is -2.14. The highest BCUT2D eigenvalue weighted by Crippen LogP contribution is 2.32. The Morgan fingerprint density at radius 1 is 1.03 bits per heavy atom. The Kier molecular flexibility index (Phi) is 5.99. The summed E-state index contributed by atoms with van der Waals surface area (Å²) in [5.41, 5.74) is 5.64. The first-order chi connectivity index (χ1) is 14.9. The Morgan fingerprint density at radius 2 is 1.77 bits per heavy atom. The summed E-state index contributed by atoms with van der Waals surface area (Å²) in [5, 5.41) is 4.22. The fraction of sp³-hybridized carbons (Fsp3) is 0.120. The number of pyridine rings is 1. The Labute approximate surface area is 194 Å². The first-order valence-electron chi connectivity index (χ1n) is 9.68. The minimum atomic E-state index is -0.265. The summed E-state index contributed by atoms with van der Waals surface area (Å²) < 4.78 is 6.26. The number of anilines is 1. The molecule has 4 aromatic rings. The lowest BCUT2D eigenvalue weighted by molar-refractivity contribution is 0.102. The van der Waals surface area contributed by atoms with Gasteiger partial charge in [0.25, 0.3) is 5.91 Å². The number of rotatable bonds is 4. The van der Waals surface area contributed by atoms with Crippen molar-refractivity contribution in [3.63, 3.8) is 0 Å². The molecule has 1 heterocycles. The number of carbonyl (C=O) groups excluding carboxylic acids is 1. The van der Waals surface area contributed by atoms with Crippen LogP contribution < -0.4 is 10.1 Å². The van der Waals surface area contributed by atoms with Crippen LogP contribution in [0.5, 0.6) is 5.75 Å². The number of hydrogen-bond acceptors (Lipinski definition) is 3. The molecule has 0 saturated carbocycles. The van der Waals surface area contributed by atoms with Gasteiger partial charge in [0.1, 0.15) is 5.75 Å². The normalized spacial score (nSPS) is 10.9. The molecule has 1 amide bonds. The Morgan fingerprint density at radius 3 is 2.48 bits per heavy atom. The van der Waals surface area contributed by atoms with Gasteiger partial charge in [-0.1, -0.05) is 57.4 Å². The fourth-order valence-corrected chi connectivity index (χ4v) is 4.23. The van der Waals surface area contributed by atoms with Gasteiger partial charge in [0.2, 0.25) is 0 Å². The molecule has 3 aromatic carbocycles. The summed E-state index contributed by atoms with van der Waals surface area (Å²) in [4.78, 5) is 18.3. The van der Waals surface area contributed by atoms with Crippen LogP contribution >= 0.6 is 27.5 Å². The standard InChI is InChI=1S/C25H20BrClN2O2/c1-14-4-6-16(7-5-14)21-13-20(19-11-17(26)10-15(2)24(19)28-21)25(30)29-22-12-18(27)8-9-23(22)31-3/h4-13H,1-3H3,(H,29,30). The van der Waals surface area contributed by atoms with Gasteiger partial charge in [-0.2, -0.15) is 0 Å². The molecule has 156 valence electrons. The molecule has 6 heteroatoms. The molecule has 0 fully saturated rings. The highest BCUT2D eigenvalue weighted by Gasteiger charge is 2.18. The molecule has 0 aliphatic heterocycles. The third kappa shape index (κ3) is 4.43. The third-order valence-electron chi connectivity index (χ3n) is 5.07. The lowest BCUT2D eigenvalue weighted by Gasteiger charge is -2.14. The van der Waals surface area contributed by atoms with E-state index in [1.807, 2.05) is 56.3 Å². The molecule has 4 rings (SSSR count). The maximum atomic E-state index is 13.4. The van der Waals surface area contributed by atoms with E-state index < -0.39 is 0 Å². The molecule has 1 aromatic heterocycles. The van der Waals surface area contributed by atoms with E-state index in [-0.39, 0.29) is 5.91 Å². The topological polar surface area (TPSA) is 51.2 Å². The van der Waals surface area contributed by atoms with Crippen molar-refractivity contribution in [2.45, 2.75) is 13.8 Å². The van der Waals surface area contributed by atoms with Crippen LogP contribution in [0.15, 0.2) is 65.1 Å². The average Bonchev–Trinajstić information content (AvgIpc) is 2.74. The molecule has 4 nitrogen and oxygen atoms in total. The third-order valence-corrected chi connectivity index (χ3v) is 5.76. The van der Waals surface area contributed by atoms with Gasteiger partial charge >= 0.3 is 0 Å². The number of nitrogens with one attached hydrogen (secondary N) is 1. The molecule has 31 heavy (non-hydrogen) atoms. The molecule has 0 atom stereocenters. The van der Waals surface area contributed by atoms with Gasteiger partial charge in [0.05, 0.1) is 29.6 Å². The van der Waals surface area contributed by atoms with E-state index in [9.17, 15) is 4.79 Å². The second-order valence-corrected chi connectivity index (χ2v) is 8.69. The maximum absolute atomic E-state index is 13.4. The summed E-state index contributed by atoms with van der Waals surface area (Å²) >= 11 is 9.68. The molecule has 0 radical (unpaired) electrons. The zero-order chi connectivity index (χ0) is 22.1. The molecule has 0 spiro atoms. The van der Waals surface area contributed by atoms with Crippen LogP contribution in [0.1, 0.15) is 21.5 Å². The van der Waals surface area contributed by atoms with Crippen LogP contribution in [0.25, 0.3) is 22.2 Å². The van der Waals surface area contributed by atoms with Crippen molar-refractivity contribution >= 4 is 50.0 Å². The lowest BCUT2D eigenvalue weighted by atomic mass is 10.0. The predicted molar refractivity (Wildman–Crippen MR) is 130 cm³/mol. The van der Waals surface area contributed by atoms with Crippen molar-refractivity contribution in [3.05, 3.63) is 86.8 Å². The second kappa shape index (κ2) is 8.69. The number of amides is 1. The Bertz CT molecular complexity index is 1300. The summed E-state index contributed by atoms with van der Waals surface area (Å²) in [6, 6.07) is 18.9. The molecule has 0 saturated heterocycles. The van der Waals surface area contributed by atoms with E-state index >= 15 is 0 Å². The average molecular weight is 496 g/mol. The zero-order valence-electron chi connectivity index (χ0n) is 17.3. The van der Waals surface area contributed by atoms with Gasteiger partial charge in [-0.3, -0.25) is 4.79 Å². The second-order valence-electron chi connectivity index (χ2n) is 7.34. The van der Waals surface area contributed by atoms with Gasteiger partial charge in [-0.15, -0.1) is 0 Å². The SMILES string of the molecule is COc1ccc(Cl)cc1NC(=O)c1cc(-c2ccc(C)cc2)nc2c(C)cc(Br)cc12. The molecule has 0 bridgehead atoms. The van der Waals surface area contributed by atoms with Crippen LogP contribution in [0.3, 0.4) is 0 Å². The van der Waals surface area contributed by atoms with Crippen molar-refractivity contribution < 1.29 is 9.53 Å². The number of hydrogen-bond donors (Lipinski definition) is 1. The number of ether oxygens (including phenoxy) is 1. The number of nitrogens with zero attached hydrogens (tertiary/aromatic N) is 1. The number of carbonyl (C=O) groups is 1. The number of benzene rings is 3. The number of aromatic nitrogens is 1. The maximum Gasteiger partial charge on any atom is 0.256 e. The Balaban J connectivity index is 1.88. The molecule has 0 aliphatic rings. The van der Waals surface area contributed by atoms with Gasteiger partial charge in [0, 0.05) is 20.4 Å². The van der Waals surface area contributed by atoms with Crippen molar-refractivity contribution in [1.82, 2.24) is 4.98 Å². The minimum absolute atomic E-state index is 0.265.